The van der Waals surface area contributed by atoms with Crippen molar-refractivity contribution in [1.29, 1.82) is 5.26 Å². The highest BCUT2D eigenvalue weighted by Gasteiger charge is 2.29. The fraction of sp³-hybridized carbons (Fsp3) is 0.421. The van der Waals surface area contributed by atoms with E-state index in [4.69, 9.17) is 5.26 Å². The summed E-state index contributed by atoms with van der Waals surface area (Å²) in [6.45, 7) is 6.13. The standard InChI is InChI=1S/C19H22N4O/c1-19(2,3)23-12-13(11-20)10-16(23)22-18(24)15-8-4-6-14-7-5-9-21-17(14)15/h5,7,9-10,12,15H,4,6,8H2,1-3H3,(H,22,24). The Bertz CT molecular complexity index is 808. The molecule has 5 heteroatoms. The molecule has 0 bridgehead atoms. The Labute approximate surface area is 142 Å². The predicted molar refractivity (Wildman–Crippen MR) is 92.7 cm³/mol. The predicted octanol–water partition coefficient (Wildman–Crippen LogP) is 3.57. The summed E-state index contributed by atoms with van der Waals surface area (Å²) in [6.07, 6.45) is 6.29. The first-order chi connectivity index (χ1) is 11.4. The van der Waals surface area contributed by atoms with Crippen molar-refractivity contribution in [3.05, 3.63) is 47.4 Å². The number of aryl methyl sites for hydroxylation is 1. The van der Waals surface area contributed by atoms with E-state index in [0.717, 1.165) is 30.5 Å². The SMILES string of the molecule is CC(C)(C)n1cc(C#N)cc1NC(=O)C1CCCc2cccnc21. The lowest BCUT2D eigenvalue weighted by Crippen LogP contribution is -2.29. The van der Waals surface area contributed by atoms with Crippen LogP contribution in [-0.4, -0.2) is 15.5 Å². The molecule has 1 N–H and O–H groups in total. The normalized spacial score (nSPS) is 17.0. The molecule has 1 unspecified atom stereocenters. The van der Waals surface area contributed by atoms with E-state index in [2.05, 4.69) is 16.4 Å². The van der Waals surface area contributed by atoms with Gasteiger partial charge in [0, 0.05) is 17.9 Å². The molecule has 1 aliphatic carbocycles. The van der Waals surface area contributed by atoms with E-state index in [1.807, 2.05) is 37.5 Å². The fourth-order valence-corrected chi connectivity index (χ4v) is 3.25. The molecule has 2 aromatic rings. The number of hydrogen-bond acceptors (Lipinski definition) is 3. The smallest absolute Gasteiger partial charge is 0.234 e. The summed E-state index contributed by atoms with van der Waals surface area (Å²) < 4.78 is 1.94. The minimum Gasteiger partial charge on any atom is -0.328 e. The van der Waals surface area contributed by atoms with Crippen molar-refractivity contribution >= 4 is 11.7 Å². The van der Waals surface area contributed by atoms with Gasteiger partial charge in [0.15, 0.2) is 0 Å². The molecule has 24 heavy (non-hydrogen) atoms. The summed E-state index contributed by atoms with van der Waals surface area (Å²) in [7, 11) is 0. The molecule has 5 nitrogen and oxygen atoms in total. The number of anilines is 1. The Balaban J connectivity index is 1.89. The van der Waals surface area contributed by atoms with Crippen LogP contribution in [0.3, 0.4) is 0 Å². The van der Waals surface area contributed by atoms with Crippen LogP contribution in [0.4, 0.5) is 5.82 Å². The third-order valence-corrected chi connectivity index (χ3v) is 4.43. The number of aromatic nitrogens is 2. The number of amides is 1. The van der Waals surface area contributed by atoms with Crippen LogP contribution in [0, 0.1) is 11.3 Å². The molecule has 0 aliphatic heterocycles. The highest BCUT2D eigenvalue weighted by Crippen LogP contribution is 2.32. The van der Waals surface area contributed by atoms with Gasteiger partial charge in [-0.3, -0.25) is 9.78 Å². The lowest BCUT2D eigenvalue weighted by Gasteiger charge is -2.27. The molecule has 0 aromatic carbocycles. The van der Waals surface area contributed by atoms with E-state index in [1.54, 1.807) is 18.5 Å². The number of nitriles is 1. The van der Waals surface area contributed by atoms with E-state index in [0.29, 0.717) is 11.4 Å². The van der Waals surface area contributed by atoms with E-state index in [-0.39, 0.29) is 17.4 Å². The molecule has 2 aromatic heterocycles. The summed E-state index contributed by atoms with van der Waals surface area (Å²) in [5.41, 5.74) is 2.37. The third kappa shape index (κ3) is 3.05. The van der Waals surface area contributed by atoms with Crippen LogP contribution in [0.2, 0.25) is 0 Å². The molecule has 0 fully saturated rings. The number of hydrogen-bond donors (Lipinski definition) is 1. The third-order valence-electron chi connectivity index (χ3n) is 4.43. The minimum atomic E-state index is -0.233. The number of nitrogens with one attached hydrogen (secondary N) is 1. The van der Waals surface area contributed by atoms with Gasteiger partial charge in [-0.25, -0.2) is 0 Å². The zero-order chi connectivity index (χ0) is 17.3. The van der Waals surface area contributed by atoms with Crippen molar-refractivity contribution in [2.45, 2.75) is 51.5 Å². The molecule has 1 amide bonds. The Hall–Kier alpha value is -2.61. The number of fused-ring (bicyclic) bond motifs is 1. The molecule has 124 valence electrons. The molecule has 0 saturated heterocycles. The first-order valence-electron chi connectivity index (χ1n) is 8.28. The lowest BCUT2D eigenvalue weighted by molar-refractivity contribution is -0.118. The van der Waals surface area contributed by atoms with Gasteiger partial charge in [0.05, 0.1) is 17.2 Å². The Kier molecular flexibility index (Phi) is 4.15. The van der Waals surface area contributed by atoms with Crippen molar-refractivity contribution in [1.82, 2.24) is 9.55 Å². The fourth-order valence-electron chi connectivity index (χ4n) is 3.25. The molecule has 0 saturated carbocycles. The largest absolute Gasteiger partial charge is 0.328 e. The van der Waals surface area contributed by atoms with Crippen LogP contribution < -0.4 is 5.32 Å². The highest BCUT2D eigenvalue weighted by atomic mass is 16.2. The Morgan fingerprint density at radius 3 is 2.96 bits per heavy atom. The van der Waals surface area contributed by atoms with Gasteiger partial charge in [0.2, 0.25) is 5.91 Å². The number of rotatable bonds is 2. The molecule has 1 aliphatic rings. The van der Waals surface area contributed by atoms with Gasteiger partial charge < -0.3 is 9.88 Å². The molecule has 0 radical (unpaired) electrons. The summed E-state index contributed by atoms with van der Waals surface area (Å²) in [6, 6.07) is 7.84. The average molecular weight is 322 g/mol. The molecule has 1 atom stereocenters. The Morgan fingerprint density at radius 1 is 1.46 bits per heavy atom. The van der Waals surface area contributed by atoms with Crippen molar-refractivity contribution in [3.8, 4) is 6.07 Å². The van der Waals surface area contributed by atoms with Crippen LogP contribution in [0.15, 0.2) is 30.6 Å². The number of nitrogens with zero attached hydrogens (tertiary/aromatic N) is 3. The van der Waals surface area contributed by atoms with Gasteiger partial charge in [0.25, 0.3) is 0 Å². The van der Waals surface area contributed by atoms with Crippen LogP contribution in [0.1, 0.15) is 56.4 Å². The van der Waals surface area contributed by atoms with Gasteiger partial charge in [0.1, 0.15) is 11.9 Å². The van der Waals surface area contributed by atoms with Crippen LogP contribution in [0.25, 0.3) is 0 Å². The topological polar surface area (TPSA) is 70.7 Å². The van der Waals surface area contributed by atoms with Crippen molar-refractivity contribution in [2.75, 3.05) is 5.32 Å². The first-order valence-corrected chi connectivity index (χ1v) is 8.28. The first kappa shape index (κ1) is 16.3. The molecular weight excluding hydrogens is 300 g/mol. The minimum absolute atomic E-state index is 0.0530. The second kappa shape index (κ2) is 6.12. The summed E-state index contributed by atoms with van der Waals surface area (Å²) >= 11 is 0. The average Bonchev–Trinajstić information content (AvgIpc) is 2.97. The monoisotopic (exact) mass is 322 g/mol. The highest BCUT2D eigenvalue weighted by molar-refractivity contribution is 5.95. The van der Waals surface area contributed by atoms with E-state index >= 15 is 0 Å². The van der Waals surface area contributed by atoms with E-state index < -0.39 is 0 Å². The van der Waals surface area contributed by atoms with Crippen LogP contribution in [-0.2, 0) is 16.8 Å². The van der Waals surface area contributed by atoms with Gasteiger partial charge in [-0.15, -0.1) is 0 Å². The molecule has 0 spiro atoms. The maximum absolute atomic E-state index is 12.9. The second-order valence-corrected chi connectivity index (χ2v) is 7.25. The summed E-state index contributed by atoms with van der Waals surface area (Å²) in [5.74, 6) is 0.374. The number of carbonyl (C=O) groups excluding carboxylic acids is 1. The van der Waals surface area contributed by atoms with Crippen molar-refractivity contribution in [2.24, 2.45) is 0 Å². The van der Waals surface area contributed by atoms with Gasteiger partial charge in [-0.2, -0.15) is 5.26 Å². The quantitative estimate of drug-likeness (QED) is 0.919. The van der Waals surface area contributed by atoms with Crippen molar-refractivity contribution < 1.29 is 4.79 Å². The van der Waals surface area contributed by atoms with Crippen LogP contribution in [0.5, 0.6) is 0 Å². The van der Waals surface area contributed by atoms with Gasteiger partial charge >= 0.3 is 0 Å². The van der Waals surface area contributed by atoms with E-state index in [1.165, 1.54) is 0 Å². The van der Waals surface area contributed by atoms with E-state index in [9.17, 15) is 4.79 Å². The number of pyridine rings is 1. The van der Waals surface area contributed by atoms with Gasteiger partial charge in [-0.1, -0.05) is 6.07 Å². The summed E-state index contributed by atoms with van der Waals surface area (Å²) in [4.78, 5) is 17.3. The van der Waals surface area contributed by atoms with Gasteiger partial charge in [-0.05, 0) is 57.7 Å². The number of carbonyl (C=O) groups is 1. The van der Waals surface area contributed by atoms with Crippen LogP contribution >= 0.6 is 0 Å². The molecule has 3 rings (SSSR count). The maximum Gasteiger partial charge on any atom is 0.234 e. The van der Waals surface area contributed by atoms with Crippen molar-refractivity contribution in [3.63, 3.8) is 0 Å². The zero-order valence-electron chi connectivity index (χ0n) is 14.3. The zero-order valence-corrected chi connectivity index (χ0v) is 14.3. The molecule has 2 heterocycles. The molecular formula is C19H22N4O. The Morgan fingerprint density at radius 2 is 2.25 bits per heavy atom. The maximum atomic E-state index is 12.9. The lowest BCUT2D eigenvalue weighted by atomic mass is 9.86. The summed E-state index contributed by atoms with van der Waals surface area (Å²) in [5, 5.41) is 12.2. The second-order valence-electron chi connectivity index (χ2n) is 7.25.